The third-order valence-corrected chi connectivity index (χ3v) is 5.09. The zero-order valence-corrected chi connectivity index (χ0v) is 14.3. The van der Waals surface area contributed by atoms with E-state index < -0.39 is 0 Å². The average molecular weight is 328 g/mol. The van der Waals surface area contributed by atoms with Crippen LogP contribution in [0.1, 0.15) is 6.92 Å². The van der Waals surface area contributed by atoms with Gasteiger partial charge in [-0.2, -0.15) is 0 Å². The van der Waals surface area contributed by atoms with E-state index in [1.807, 2.05) is 19.1 Å². The van der Waals surface area contributed by atoms with Crippen LogP contribution in [0.25, 0.3) is 0 Å². The van der Waals surface area contributed by atoms with Gasteiger partial charge in [-0.3, -0.25) is 5.41 Å². The molecule has 2 aromatic rings. The predicted octanol–water partition coefficient (Wildman–Crippen LogP) is 4.56. The Bertz CT molecular complexity index is 733. The molecule has 0 bridgehead atoms. The lowest BCUT2D eigenvalue weighted by Crippen LogP contribution is -2.30. The van der Waals surface area contributed by atoms with Gasteiger partial charge < -0.3 is 14.4 Å². The third-order valence-electron chi connectivity index (χ3n) is 3.96. The van der Waals surface area contributed by atoms with Crippen LogP contribution >= 0.6 is 11.8 Å². The summed E-state index contributed by atoms with van der Waals surface area (Å²) in [6.07, 6.45) is 0. The molecular weight excluding hydrogens is 308 g/mol. The normalized spacial score (nSPS) is 13.8. The molecule has 1 N–H and O–H groups in total. The number of para-hydroxylation sites is 1. The first-order valence-electron chi connectivity index (χ1n) is 7.49. The summed E-state index contributed by atoms with van der Waals surface area (Å²) in [4.78, 5) is 4.67. The van der Waals surface area contributed by atoms with Gasteiger partial charge in [0.05, 0.1) is 25.6 Å². The molecule has 4 nitrogen and oxygen atoms in total. The van der Waals surface area contributed by atoms with Gasteiger partial charge in [-0.1, -0.05) is 30.8 Å². The predicted molar refractivity (Wildman–Crippen MR) is 94.5 cm³/mol. The summed E-state index contributed by atoms with van der Waals surface area (Å²) in [6, 6.07) is 14.5. The van der Waals surface area contributed by atoms with Gasteiger partial charge in [0.15, 0.2) is 5.90 Å². The van der Waals surface area contributed by atoms with Gasteiger partial charge in [0.25, 0.3) is 0 Å². The molecule has 1 unspecified atom stereocenters. The number of methoxy groups -OCH3 is 2. The summed E-state index contributed by atoms with van der Waals surface area (Å²) < 4.78 is 10.5. The number of fused-ring (bicyclic) bond motifs is 2. The number of nitrogens with zero attached hydrogens (tertiary/aromatic N) is 1. The van der Waals surface area contributed by atoms with Crippen molar-refractivity contribution >= 4 is 29.0 Å². The first-order chi connectivity index (χ1) is 11.1. The van der Waals surface area contributed by atoms with E-state index in [1.165, 1.54) is 9.79 Å². The molecule has 0 saturated heterocycles. The molecule has 0 amide bonds. The standard InChI is InChI=1S/C18H20N2O2S/c1-12(18(19)22-3)11-20-14-6-4-5-7-16(14)23-17-9-8-13(21-2)10-15(17)20/h4-10,12,19H,11H2,1-3H3. The molecule has 0 spiro atoms. The van der Waals surface area contributed by atoms with Crippen LogP contribution < -0.4 is 9.64 Å². The molecule has 0 fully saturated rings. The maximum absolute atomic E-state index is 7.93. The van der Waals surface area contributed by atoms with Crippen molar-refractivity contribution in [3.8, 4) is 5.75 Å². The van der Waals surface area contributed by atoms with E-state index in [4.69, 9.17) is 14.9 Å². The highest BCUT2D eigenvalue weighted by atomic mass is 32.2. The fourth-order valence-corrected chi connectivity index (χ4v) is 3.77. The van der Waals surface area contributed by atoms with Crippen molar-refractivity contribution in [1.29, 1.82) is 5.41 Å². The number of rotatable bonds is 4. The van der Waals surface area contributed by atoms with Gasteiger partial charge in [0.2, 0.25) is 0 Å². The second-order valence-electron chi connectivity index (χ2n) is 5.48. The number of nitrogens with one attached hydrogen (secondary N) is 1. The smallest absolute Gasteiger partial charge is 0.184 e. The van der Waals surface area contributed by atoms with Crippen LogP contribution in [0.2, 0.25) is 0 Å². The second-order valence-corrected chi connectivity index (χ2v) is 6.57. The molecular formula is C18H20N2O2S. The molecule has 120 valence electrons. The number of benzene rings is 2. The van der Waals surface area contributed by atoms with Crippen molar-refractivity contribution in [2.24, 2.45) is 5.92 Å². The van der Waals surface area contributed by atoms with Crippen LogP contribution in [0.5, 0.6) is 5.75 Å². The Balaban J connectivity index is 2.04. The first-order valence-corrected chi connectivity index (χ1v) is 8.30. The van der Waals surface area contributed by atoms with E-state index >= 15 is 0 Å². The molecule has 1 aliphatic rings. The van der Waals surface area contributed by atoms with Gasteiger partial charge >= 0.3 is 0 Å². The molecule has 0 aromatic heterocycles. The van der Waals surface area contributed by atoms with Gasteiger partial charge in [-0.05, 0) is 24.3 Å². The third kappa shape index (κ3) is 3.01. The van der Waals surface area contributed by atoms with Crippen molar-refractivity contribution in [1.82, 2.24) is 0 Å². The topological polar surface area (TPSA) is 45.5 Å². The van der Waals surface area contributed by atoms with Crippen molar-refractivity contribution in [2.75, 3.05) is 25.7 Å². The fraction of sp³-hybridized carbons (Fsp3) is 0.278. The lowest BCUT2D eigenvalue weighted by molar-refractivity contribution is 0.366. The quantitative estimate of drug-likeness (QED) is 0.660. The highest BCUT2D eigenvalue weighted by Crippen LogP contribution is 2.49. The minimum Gasteiger partial charge on any atom is -0.497 e. The number of hydrogen-bond acceptors (Lipinski definition) is 5. The van der Waals surface area contributed by atoms with Crippen LogP contribution in [0.3, 0.4) is 0 Å². The van der Waals surface area contributed by atoms with Crippen molar-refractivity contribution in [2.45, 2.75) is 16.7 Å². The Kier molecular flexibility index (Phi) is 4.48. The fourth-order valence-electron chi connectivity index (χ4n) is 2.69. The lowest BCUT2D eigenvalue weighted by atomic mass is 10.1. The summed E-state index contributed by atoms with van der Waals surface area (Å²) in [5.41, 5.74) is 2.28. The average Bonchev–Trinajstić information content (AvgIpc) is 2.60. The maximum atomic E-state index is 7.93. The van der Waals surface area contributed by atoms with Gasteiger partial charge in [-0.15, -0.1) is 0 Å². The largest absolute Gasteiger partial charge is 0.497 e. The summed E-state index contributed by atoms with van der Waals surface area (Å²) in [6.45, 7) is 2.69. The van der Waals surface area contributed by atoms with Crippen molar-refractivity contribution < 1.29 is 9.47 Å². The van der Waals surface area contributed by atoms with E-state index in [-0.39, 0.29) is 5.92 Å². The van der Waals surface area contributed by atoms with E-state index in [1.54, 1.807) is 26.0 Å². The zero-order chi connectivity index (χ0) is 16.4. The number of ether oxygens (including phenoxy) is 2. The molecule has 1 atom stereocenters. The Morgan fingerprint density at radius 3 is 2.61 bits per heavy atom. The van der Waals surface area contributed by atoms with Crippen LogP contribution in [-0.2, 0) is 4.74 Å². The molecule has 1 heterocycles. The highest BCUT2D eigenvalue weighted by Gasteiger charge is 2.26. The summed E-state index contributed by atoms with van der Waals surface area (Å²) in [7, 11) is 3.23. The second kappa shape index (κ2) is 6.54. The Labute approximate surface area is 140 Å². The SMILES string of the molecule is COC(=N)C(C)CN1c2ccccc2Sc2ccc(OC)cc21. The van der Waals surface area contributed by atoms with E-state index in [9.17, 15) is 0 Å². The first kappa shape index (κ1) is 15.7. The van der Waals surface area contributed by atoms with Crippen LogP contribution in [0.4, 0.5) is 11.4 Å². The van der Waals surface area contributed by atoms with Gasteiger partial charge in [0.1, 0.15) is 5.75 Å². The Morgan fingerprint density at radius 1 is 1.13 bits per heavy atom. The van der Waals surface area contributed by atoms with Crippen LogP contribution in [-0.4, -0.2) is 26.7 Å². The lowest BCUT2D eigenvalue weighted by Gasteiger charge is -2.34. The van der Waals surface area contributed by atoms with Crippen molar-refractivity contribution in [3.63, 3.8) is 0 Å². The van der Waals surface area contributed by atoms with Gasteiger partial charge in [-0.25, -0.2) is 0 Å². The number of anilines is 2. The van der Waals surface area contributed by atoms with Crippen LogP contribution in [0.15, 0.2) is 52.3 Å². The Morgan fingerprint density at radius 2 is 1.87 bits per heavy atom. The summed E-state index contributed by atoms with van der Waals surface area (Å²) in [5.74, 6) is 1.13. The minimum absolute atomic E-state index is 0.00444. The highest BCUT2D eigenvalue weighted by molar-refractivity contribution is 7.99. The van der Waals surface area contributed by atoms with E-state index in [0.717, 1.165) is 17.1 Å². The van der Waals surface area contributed by atoms with Crippen molar-refractivity contribution in [3.05, 3.63) is 42.5 Å². The molecule has 5 heteroatoms. The molecule has 23 heavy (non-hydrogen) atoms. The van der Waals surface area contributed by atoms with Crippen LogP contribution in [0, 0.1) is 11.3 Å². The molecule has 2 aromatic carbocycles. The summed E-state index contributed by atoms with van der Waals surface area (Å²) in [5, 5.41) is 7.93. The zero-order valence-electron chi connectivity index (χ0n) is 13.5. The summed E-state index contributed by atoms with van der Waals surface area (Å²) >= 11 is 1.76. The number of hydrogen-bond donors (Lipinski definition) is 1. The molecule has 0 radical (unpaired) electrons. The minimum atomic E-state index is -0.00444. The molecule has 0 aliphatic carbocycles. The van der Waals surface area contributed by atoms with E-state index in [0.29, 0.717) is 12.4 Å². The Hall–Kier alpha value is -2.14. The van der Waals surface area contributed by atoms with E-state index in [2.05, 4.69) is 35.2 Å². The molecule has 0 saturated carbocycles. The molecule has 1 aliphatic heterocycles. The maximum Gasteiger partial charge on any atom is 0.184 e. The monoisotopic (exact) mass is 328 g/mol. The molecule has 3 rings (SSSR count). The van der Waals surface area contributed by atoms with Gasteiger partial charge in [0, 0.05) is 28.3 Å².